The van der Waals surface area contributed by atoms with Gasteiger partial charge in [0.2, 0.25) is 11.9 Å². The SMILES string of the molecule is COC(=O)C1CCCNC(=O)c2cc(c(C)cc2C)-c2cc(nc(N)n2)SCCC(=O)N1. The smallest absolute Gasteiger partial charge is 0.328 e. The van der Waals surface area contributed by atoms with Gasteiger partial charge in [0.1, 0.15) is 11.1 Å². The van der Waals surface area contributed by atoms with Crippen LogP contribution in [0.25, 0.3) is 11.3 Å². The van der Waals surface area contributed by atoms with Crippen molar-refractivity contribution in [3.63, 3.8) is 0 Å². The van der Waals surface area contributed by atoms with Crippen LogP contribution in [0.2, 0.25) is 0 Å². The van der Waals surface area contributed by atoms with Crippen molar-refractivity contribution in [1.29, 1.82) is 0 Å². The summed E-state index contributed by atoms with van der Waals surface area (Å²) in [5, 5.41) is 6.23. The van der Waals surface area contributed by atoms with Gasteiger partial charge in [-0.25, -0.2) is 14.8 Å². The fraction of sp³-hybridized carbons (Fsp3) is 0.409. The first-order chi connectivity index (χ1) is 15.3. The molecule has 1 aliphatic rings. The highest BCUT2D eigenvalue weighted by atomic mass is 32.2. The zero-order valence-corrected chi connectivity index (χ0v) is 19.2. The number of hydrogen-bond donors (Lipinski definition) is 3. The lowest BCUT2D eigenvalue weighted by Crippen LogP contribution is -2.42. The summed E-state index contributed by atoms with van der Waals surface area (Å²) < 4.78 is 4.80. The summed E-state index contributed by atoms with van der Waals surface area (Å²) in [6, 6.07) is 4.79. The number of hydrogen-bond acceptors (Lipinski definition) is 8. The number of anilines is 1. The number of nitrogens with one attached hydrogen (secondary N) is 2. The van der Waals surface area contributed by atoms with Crippen molar-refractivity contribution in [3.05, 3.63) is 34.9 Å². The fourth-order valence-electron chi connectivity index (χ4n) is 3.54. The molecule has 0 spiro atoms. The Kier molecular flexibility index (Phi) is 7.68. The molecule has 1 unspecified atom stereocenters. The van der Waals surface area contributed by atoms with Crippen molar-refractivity contribution in [2.45, 2.75) is 44.2 Å². The van der Waals surface area contributed by atoms with Gasteiger partial charge in [0.25, 0.3) is 5.91 Å². The Hall–Kier alpha value is -3.14. The Morgan fingerprint density at radius 2 is 1.91 bits per heavy atom. The number of ether oxygens (including phenoxy) is 1. The van der Waals surface area contributed by atoms with E-state index in [0.717, 1.165) is 16.7 Å². The Balaban J connectivity index is 1.96. The van der Waals surface area contributed by atoms with Crippen LogP contribution < -0.4 is 16.4 Å². The molecule has 3 rings (SSSR count). The number of aryl methyl sites for hydroxylation is 2. The summed E-state index contributed by atoms with van der Waals surface area (Å²) in [5.41, 5.74) is 9.69. The van der Waals surface area contributed by atoms with Crippen molar-refractivity contribution < 1.29 is 19.1 Å². The summed E-state index contributed by atoms with van der Waals surface area (Å²) in [4.78, 5) is 45.8. The predicted octanol–water partition coefficient (Wildman–Crippen LogP) is 2.01. The molecule has 0 saturated carbocycles. The maximum atomic E-state index is 12.8. The fourth-order valence-corrected chi connectivity index (χ4v) is 4.39. The number of carbonyl (C=O) groups is 3. The van der Waals surface area contributed by atoms with Crippen LogP contribution >= 0.6 is 11.8 Å². The molecule has 9 nitrogen and oxygen atoms in total. The third kappa shape index (κ3) is 5.76. The van der Waals surface area contributed by atoms with E-state index in [0.29, 0.717) is 41.4 Å². The number of esters is 1. The summed E-state index contributed by atoms with van der Waals surface area (Å²) in [7, 11) is 1.28. The number of benzene rings is 1. The molecule has 1 aromatic heterocycles. The van der Waals surface area contributed by atoms with Gasteiger partial charge in [-0.3, -0.25) is 9.59 Å². The van der Waals surface area contributed by atoms with Crippen LogP contribution in [0.5, 0.6) is 0 Å². The highest BCUT2D eigenvalue weighted by Crippen LogP contribution is 2.29. The van der Waals surface area contributed by atoms with Gasteiger partial charge in [0.05, 0.1) is 12.8 Å². The number of aromatic nitrogens is 2. The minimum Gasteiger partial charge on any atom is -0.467 e. The van der Waals surface area contributed by atoms with Gasteiger partial charge in [0.15, 0.2) is 0 Å². The number of carbonyl (C=O) groups excluding carboxylic acids is 3. The Labute approximate surface area is 190 Å². The lowest BCUT2D eigenvalue weighted by Gasteiger charge is -2.17. The van der Waals surface area contributed by atoms with Gasteiger partial charge in [-0.15, -0.1) is 11.8 Å². The maximum Gasteiger partial charge on any atom is 0.328 e. The molecule has 170 valence electrons. The first kappa shape index (κ1) is 23.5. The second-order valence-corrected chi connectivity index (χ2v) is 8.69. The molecular weight excluding hydrogens is 430 g/mol. The van der Waals surface area contributed by atoms with E-state index in [4.69, 9.17) is 10.5 Å². The first-order valence-electron chi connectivity index (χ1n) is 10.3. The van der Waals surface area contributed by atoms with E-state index in [-0.39, 0.29) is 24.2 Å². The largest absolute Gasteiger partial charge is 0.467 e. The second-order valence-electron chi connectivity index (χ2n) is 7.57. The lowest BCUT2D eigenvalue weighted by molar-refractivity contribution is -0.145. The maximum absolute atomic E-state index is 12.8. The van der Waals surface area contributed by atoms with Crippen molar-refractivity contribution in [2.24, 2.45) is 0 Å². The highest BCUT2D eigenvalue weighted by molar-refractivity contribution is 7.99. The third-order valence-corrected chi connectivity index (χ3v) is 6.08. The molecule has 2 amide bonds. The summed E-state index contributed by atoms with van der Waals surface area (Å²) in [6.45, 7) is 4.19. The predicted molar refractivity (Wildman–Crippen MR) is 122 cm³/mol. The normalized spacial score (nSPS) is 17.7. The molecular formula is C22H27N5O4S. The average molecular weight is 458 g/mol. The minimum atomic E-state index is -0.765. The molecule has 2 heterocycles. The van der Waals surface area contributed by atoms with Crippen LogP contribution in [-0.2, 0) is 14.3 Å². The topological polar surface area (TPSA) is 136 Å². The van der Waals surface area contributed by atoms with E-state index in [9.17, 15) is 14.4 Å². The van der Waals surface area contributed by atoms with Gasteiger partial charge >= 0.3 is 5.97 Å². The molecule has 4 N–H and O–H groups in total. The summed E-state index contributed by atoms with van der Waals surface area (Å²) in [6.07, 6.45) is 1.05. The first-order valence-corrected chi connectivity index (χ1v) is 11.3. The molecule has 1 aliphatic heterocycles. The van der Waals surface area contributed by atoms with E-state index in [1.54, 1.807) is 6.07 Å². The Bertz CT molecular complexity index is 1040. The number of nitrogen functional groups attached to an aromatic ring is 1. The molecule has 0 radical (unpaired) electrons. The zero-order chi connectivity index (χ0) is 23.3. The number of methoxy groups -OCH3 is 1. The van der Waals surface area contributed by atoms with E-state index in [1.807, 2.05) is 26.0 Å². The van der Waals surface area contributed by atoms with Crippen LogP contribution in [0, 0.1) is 13.8 Å². The van der Waals surface area contributed by atoms with Gasteiger partial charge < -0.3 is 21.1 Å². The second kappa shape index (κ2) is 10.4. The molecule has 0 saturated heterocycles. The average Bonchev–Trinajstić information content (AvgIpc) is 2.74. The molecule has 1 atom stereocenters. The zero-order valence-electron chi connectivity index (χ0n) is 18.4. The van der Waals surface area contributed by atoms with Gasteiger partial charge in [-0.1, -0.05) is 6.07 Å². The molecule has 0 fully saturated rings. The van der Waals surface area contributed by atoms with Crippen LogP contribution in [0.3, 0.4) is 0 Å². The lowest BCUT2D eigenvalue weighted by atomic mass is 9.97. The molecule has 2 aromatic rings. The van der Waals surface area contributed by atoms with E-state index in [2.05, 4.69) is 20.6 Å². The molecule has 1 aromatic carbocycles. The number of fused-ring (bicyclic) bond motifs is 5. The molecule has 32 heavy (non-hydrogen) atoms. The van der Waals surface area contributed by atoms with Crippen molar-refractivity contribution in [1.82, 2.24) is 20.6 Å². The van der Waals surface area contributed by atoms with E-state index < -0.39 is 12.0 Å². The minimum absolute atomic E-state index is 0.115. The van der Waals surface area contributed by atoms with Gasteiger partial charge in [0, 0.05) is 29.8 Å². The third-order valence-electron chi connectivity index (χ3n) is 5.17. The van der Waals surface area contributed by atoms with Crippen molar-refractivity contribution in [2.75, 3.05) is 25.1 Å². The van der Waals surface area contributed by atoms with Gasteiger partial charge in [-0.05, 0) is 49.9 Å². The van der Waals surface area contributed by atoms with Gasteiger partial charge in [-0.2, -0.15) is 0 Å². The van der Waals surface area contributed by atoms with E-state index in [1.165, 1.54) is 18.9 Å². The molecule has 0 aliphatic carbocycles. The van der Waals surface area contributed by atoms with E-state index >= 15 is 0 Å². The number of nitrogens with two attached hydrogens (primary N) is 1. The quantitative estimate of drug-likeness (QED) is 0.437. The van der Waals surface area contributed by atoms with Crippen molar-refractivity contribution >= 4 is 35.5 Å². The number of thioether (sulfide) groups is 1. The number of amides is 2. The van der Waals surface area contributed by atoms with Crippen LogP contribution in [0.15, 0.2) is 23.2 Å². The monoisotopic (exact) mass is 457 g/mol. The summed E-state index contributed by atoms with van der Waals surface area (Å²) in [5.74, 6) is -0.426. The van der Waals surface area contributed by atoms with Crippen LogP contribution in [0.4, 0.5) is 5.95 Å². The standard InChI is InChI=1S/C22H27N5O4S/c1-12-9-13(2)15-10-14(12)17-11-19(27-22(23)26-17)32-8-6-18(28)25-16(21(30)31-3)5-4-7-24-20(15)29/h9-11,16H,4-8H2,1-3H3,(H,24,29)(H,25,28)(H2,23,26,27). The van der Waals surface area contributed by atoms with Crippen LogP contribution in [-0.4, -0.2) is 53.2 Å². The highest BCUT2D eigenvalue weighted by Gasteiger charge is 2.22. The molecule has 4 bridgehead atoms. The summed E-state index contributed by atoms with van der Waals surface area (Å²) >= 11 is 1.37. The Morgan fingerprint density at radius 1 is 1.16 bits per heavy atom. The Morgan fingerprint density at radius 3 is 2.66 bits per heavy atom. The van der Waals surface area contributed by atoms with Crippen molar-refractivity contribution in [3.8, 4) is 11.3 Å². The number of nitrogens with zero attached hydrogens (tertiary/aromatic N) is 2. The number of rotatable bonds is 1. The van der Waals surface area contributed by atoms with Crippen LogP contribution in [0.1, 0.15) is 40.7 Å². The molecule has 10 heteroatoms.